The van der Waals surface area contributed by atoms with E-state index in [4.69, 9.17) is 15.2 Å². The fraction of sp³-hybridized carbons (Fsp3) is 0.278. The predicted molar refractivity (Wildman–Crippen MR) is 94.1 cm³/mol. The highest BCUT2D eigenvalue weighted by Gasteiger charge is 2.08. The van der Waals surface area contributed by atoms with E-state index >= 15 is 0 Å². The van der Waals surface area contributed by atoms with Crippen LogP contribution in [0.25, 0.3) is 0 Å². The third-order valence-electron chi connectivity index (χ3n) is 3.25. The molecule has 0 amide bonds. The molecule has 2 aromatic carbocycles. The maximum atomic E-state index is 13.6. The molecule has 2 rings (SSSR count). The number of hydrogen-bond acceptors (Lipinski definition) is 3. The molecule has 0 unspecified atom stereocenters. The van der Waals surface area contributed by atoms with E-state index in [0.717, 1.165) is 18.2 Å². The Bertz CT molecular complexity index is 751. The van der Waals surface area contributed by atoms with Crippen LogP contribution in [0.15, 0.2) is 41.4 Å². The van der Waals surface area contributed by atoms with Crippen LogP contribution in [-0.4, -0.2) is 19.2 Å². The van der Waals surface area contributed by atoms with Gasteiger partial charge in [0, 0.05) is 11.6 Å². The Hall–Kier alpha value is -2.83. The molecule has 0 aliphatic rings. The van der Waals surface area contributed by atoms with Crippen LogP contribution in [0.4, 0.5) is 14.5 Å². The molecule has 2 aromatic rings. The van der Waals surface area contributed by atoms with Crippen LogP contribution in [0.3, 0.4) is 0 Å². The first-order chi connectivity index (χ1) is 12.0. The molecule has 0 aliphatic heterocycles. The van der Waals surface area contributed by atoms with E-state index in [2.05, 4.69) is 10.3 Å². The lowest BCUT2D eigenvalue weighted by Crippen LogP contribution is -2.23. The van der Waals surface area contributed by atoms with Gasteiger partial charge in [-0.2, -0.15) is 0 Å². The zero-order valence-electron chi connectivity index (χ0n) is 14.2. The topological polar surface area (TPSA) is 68.9 Å². The summed E-state index contributed by atoms with van der Waals surface area (Å²) in [6.45, 7) is 4.67. The van der Waals surface area contributed by atoms with Crippen molar-refractivity contribution >= 4 is 11.6 Å². The number of benzene rings is 2. The molecule has 0 spiro atoms. The molecule has 134 valence electrons. The summed E-state index contributed by atoms with van der Waals surface area (Å²) in [7, 11) is 0. The van der Waals surface area contributed by atoms with Crippen molar-refractivity contribution in [2.75, 3.05) is 18.5 Å². The first-order valence-electron chi connectivity index (χ1n) is 7.94. The van der Waals surface area contributed by atoms with Gasteiger partial charge in [0.25, 0.3) is 0 Å². The highest BCUT2D eigenvalue weighted by atomic mass is 19.1. The minimum absolute atomic E-state index is 0.0539. The fourth-order valence-corrected chi connectivity index (χ4v) is 2.16. The largest absolute Gasteiger partial charge is 0.494 e. The number of anilines is 1. The lowest BCUT2D eigenvalue weighted by atomic mass is 10.2. The van der Waals surface area contributed by atoms with Crippen molar-refractivity contribution in [1.82, 2.24) is 0 Å². The van der Waals surface area contributed by atoms with Crippen molar-refractivity contribution in [2.45, 2.75) is 20.4 Å². The lowest BCUT2D eigenvalue weighted by Gasteiger charge is -2.14. The van der Waals surface area contributed by atoms with Crippen molar-refractivity contribution < 1.29 is 18.3 Å². The van der Waals surface area contributed by atoms with Gasteiger partial charge in [-0.3, -0.25) is 0 Å². The fourth-order valence-electron chi connectivity index (χ4n) is 2.16. The van der Waals surface area contributed by atoms with Crippen molar-refractivity contribution in [1.29, 1.82) is 0 Å². The van der Waals surface area contributed by atoms with Crippen LogP contribution >= 0.6 is 0 Å². The van der Waals surface area contributed by atoms with Crippen LogP contribution < -0.4 is 20.5 Å². The number of ether oxygens (including phenoxy) is 2. The van der Waals surface area contributed by atoms with Gasteiger partial charge in [-0.15, -0.1) is 0 Å². The van der Waals surface area contributed by atoms with E-state index in [9.17, 15) is 8.78 Å². The Kier molecular flexibility index (Phi) is 6.56. The third kappa shape index (κ3) is 5.34. The van der Waals surface area contributed by atoms with Crippen LogP contribution in [0.5, 0.6) is 11.5 Å². The molecule has 0 atom stereocenters. The minimum Gasteiger partial charge on any atom is -0.494 e. The highest BCUT2D eigenvalue weighted by molar-refractivity contribution is 5.94. The van der Waals surface area contributed by atoms with E-state index in [1.807, 2.05) is 13.8 Å². The first kappa shape index (κ1) is 18.5. The van der Waals surface area contributed by atoms with Gasteiger partial charge in [0.2, 0.25) is 0 Å². The summed E-state index contributed by atoms with van der Waals surface area (Å²) in [5.41, 5.74) is 6.56. The molecule has 0 aliphatic carbocycles. The first-order valence-corrected chi connectivity index (χ1v) is 7.94. The second-order valence-electron chi connectivity index (χ2n) is 5.09. The summed E-state index contributed by atoms with van der Waals surface area (Å²) in [4.78, 5) is 4.05. The van der Waals surface area contributed by atoms with Gasteiger partial charge in [0.15, 0.2) is 5.96 Å². The third-order valence-corrected chi connectivity index (χ3v) is 3.25. The number of guanidine groups is 1. The van der Waals surface area contributed by atoms with Gasteiger partial charge in [0.1, 0.15) is 23.1 Å². The molecule has 0 fully saturated rings. The number of aliphatic imine (C=N–C) groups is 1. The predicted octanol–water partition coefficient (Wildman–Crippen LogP) is 3.69. The van der Waals surface area contributed by atoms with Crippen molar-refractivity contribution in [3.63, 3.8) is 0 Å². The molecule has 5 nitrogen and oxygen atoms in total. The number of hydrogen-bond donors (Lipinski definition) is 2. The van der Waals surface area contributed by atoms with Crippen molar-refractivity contribution in [2.24, 2.45) is 10.7 Å². The summed E-state index contributed by atoms with van der Waals surface area (Å²) in [6.07, 6.45) is 0. The standard InChI is InChI=1S/C18H21F2N3O2/c1-3-24-14-6-8-17(25-4-2)16(10-14)23-18(21)22-11-12-9-13(19)5-7-15(12)20/h5-10H,3-4,11H2,1-2H3,(H3,21,22,23). The molecule has 0 bridgehead atoms. The Morgan fingerprint density at radius 2 is 1.84 bits per heavy atom. The van der Waals surface area contributed by atoms with Gasteiger partial charge >= 0.3 is 0 Å². The second kappa shape index (κ2) is 8.86. The Labute approximate surface area is 145 Å². The van der Waals surface area contributed by atoms with Gasteiger partial charge in [0.05, 0.1) is 25.4 Å². The van der Waals surface area contributed by atoms with E-state index in [1.54, 1.807) is 18.2 Å². The second-order valence-corrected chi connectivity index (χ2v) is 5.09. The highest BCUT2D eigenvalue weighted by Crippen LogP contribution is 2.29. The summed E-state index contributed by atoms with van der Waals surface area (Å²) in [6, 6.07) is 8.48. The van der Waals surface area contributed by atoms with Crippen LogP contribution in [0.2, 0.25) is 0 Å². The van der Waals surface area contributed by atoms with Gasteiger partial charge in [-0.25, -0.2) is 13.8 Å². The van der Waals surface area contributed by atoms with Gasteiger partial charge in [-0.1, -0.05) is 0 Å². The molecule has 0 radical (unpaired) electrons. The molecule has 0 aromatic heterocycles. The van der Waals surface area contributed by atoms with E-state index < -0.39 is 11.6 Å². The molecule has 3 N–H and O–H groups in total. The van der Waals surface area contributed by atoms with Crippen LogP contribution in [0, 0.1) is 11.6 Å². The monoisotopic (exact) mass is 349 g/mol. The average molecular weight is 349 g/mol. The normalized spacial score (nSPS) is 11.3. The maximum Gasteiger partial charge on any atom is 0.193 e. The Morgan fingerprint density at radius 1 is 1.08 bits per heavy atom. The van der Waals surface area contributed by atoms with Crippen LogP contribution in [-0.2, 0) is 6.54 Å². The SMILES string of the molecule is CCOc1ccc(OCC)c(NC(N)=NCc2cc(F)ccc2F)c1. The van der Waals surface area contributed by atoms with E-state index in [1.165, 1.54) is 0 Å². The lowest BCUT2D eigenvalue weighted by molar-refractivity contribution is 0.332. The Balaban J connectivity index is 2.16. The summed E-state index contributed by atoms with van der Waals surface area (Å²) >= 11 is 0. The summed E-state index contributed by atoms with van der Waals surface area (Å²) < 4.78 is 37.8. The Morgan fingerprint density at radius 3 is 2.56 bits per heavy atom. The number of nitrogens with two attached hydrogens (primary N) is 1. The summed E-state index contributed by atoms with van der Waals surface area (Å²) in [5.74, 6) is 0.226. The maximum absolute atomic E-state index is 13.6. The van der Waals surface area contributed by atoms with Crippen molar-refractivity contribution in [3.05, 3.63) is 53.6 Å². The minimum atomic E-state index is -0.536. The molecular formula is C18H21F2N3O2. The van der Waals surface area contributed by atoms with E-state index in [-0.39, 0.29) is 18.1 Å². The zero-order valence-corrected chi connectivity index (χ0v) is 14.2. The molecule has 0 saturated carbocycles. The van der Waals surface area contributed by atoms with Crippen LogP contribution in [0.1, 0.15) is 19.4 Å². The van der Waals surface area contributed by atoms with Gasteiger partial charge in [-0.05, 0) is 44.2 Å². The molecule has 25 heavy (non-hydrogen) atoms. The number of rotatable bonds is 7. The molecule has 0 saturated heterocycles. The van der Waals surface area contributed by atoms with E-state index in [0.29, 0.717) is 30.4 Å². The quantitative estimate of drug-likeness (QED) is 0.591. The zero-order chi connectivity index (χ0) is 18.2. The van der Waals surface area contributed by atoms with Crippen molar-refractivity contribution in [3.8, 4) is 11.5 Å². The smallest absolute Gasteiger partial charge is 0.193 e. The average Bonchev–Trinajstić information content (AvgIpc) is 2.58. The molecular weight excluding hydrogens is 328 g/mol. The molecule has 7 heteroatoms. The number of nitrogens with zero attached hydrogens (tertiary/aromatic N) is 1. The number of nitrogens with one attached hydrogen (secondary N) is 1. The molecule has 0 heterocycles. The number of halogens is 2. The van der Waals surface area contributed by atoms with Gasteiger partial charge < -0.3 is 20.5 Å². The summed E-state index contributed by atoms with van der Waals surface area (Å²) in [5, 5.41) is 2.91.